The van der Waals surface area contributed by atoms with Crippen LogP contribution in [0.3, 0.4) is 0 Å². The molecule has 1 unspecified atom stereocenters. The van der Waals surface area contributed by atoms with Crippen molar-refractivity contribution in [2.75, 3.05) is 26.2 Å². The van der Waals surface area contributed by atoms with Crippen molar-refractivity contribution in [3.05, 3.63) is 88.8 Å². The molecule has 0 saturated carbocycles. The lowest BCUT2D eigenvalue weighted by atomic mass is 9.82. The van der Waals surface area contributed by atoms with Crippen molar-refractivity contribution in [2.24, 2.45) is 5.41 Å². The third-order valence-corrected chi connectivity index (χ3v) is 7.66. The number of nitrogens with one attached hydrogen (secondary N) is 1. The Morgan fingerprint density at radius 2 is 1.72 bits per heavy atom. The first-order valence-electron chi connectivity index (χ1n) is 13.0. The molecule has 3 aromatic rings. The van der Waals surface area contributed by atoms with Gasteiger partial charge in [0, 0.05) is 55.9 Å². The minimum Gasteiger partial charge on any atom is -0.508 e. The molecule has 2 heterocycles. The Morgan fingerprint density at radius 1 is 1.05 bits per heavy atom. The first-order chi connectivity index (χ1) is 18.5. The van der Waals surface area contributed by atoms with Crippen molar-refractivity contribution >= 4 is 16.9 Å². The summed E-state index contributed by atoms with van der Waals surface area (Å²) in [4.78, 5) is 18.0. The monoisotopic (exact) mass is 539 g/mol. The summed E-state index contributed by atoms with van der Waals surface area (Å²) in [6.45, 7) is 7.34. The molecule has 2 N–H and O–H groups in total. The number of benzene rings is 2. The van der Waals surface area contributed by atoms with Crippen LogP contribution in [0.1, 0.15) is 40.6 Å². The average Bonchev–Trinajstić information content (AvgIpc) is 3.23. The second-order valence-corrected chi connectivity index (χ2v) is 10.6. The molecule has 2 aromatic carbocycles. The Balaban J connectivity index is 1.36. The zero-order valence-electron chi connectivity index (χ0n) is 22.0. The number of amides is 1. The molecule has 0 bridgehead atoms. The number of carbonyl (C=O) groups excluding carboxylic acids is 1. The predicted molar refractivity (Wildman–Crippen MR) is 143 cm³/mol. The number of phenolic OH excluding ortho intramolecular Hbond substituents is 1. The maximum absolute atomic E-state index is 13.6. The highest BCUT2D eigenvalue weighted by molar-refractivity contribution is 6.09. The number of fused-ring (bicyclic) bond motifs is 1. The van der Waals surface area contributed by atoms with Crippen LogP contribution in [0.4, 0.5) is 13.2 Å². The number of alkyl halides is 3. The van der Waals surface area contributed by atoms with Crippen molar-refractivity contribution in [3.8, 4) is 5.75 Å². The second-order valence-electron chi connectivity index (χ2n) is 10.6. The van der Waals surface area contributed by atoms with Crippen LogP contribution in [0, 0.1) is 12.3 Å². The Bertz CT molecular complexity index is 1420. The van der Waals surface area contributed by atoms with E-state index in [4.69, 9.17) is 4.42 Å². The molecular formula is C30H32F3N3O3. The number of aryl methyl sites for hydroxylation is 1. The van der Waals surface area contributed by atoms with Crippen molar-refractivity contribution < 1.29 is 27.5 Å². The normalized spacial score (nSPS) is 20.8. The van der Waals surface area contributed by atoms with E-state index in [1.54, 1.807) is 19.1 Å². The summed E-state index contributed by atoms with van der Waals surface area (Å²) >= 11 is 0. The highest BCUT2D eigenvalue weighted by atomic mass is 19.4. The molecule has 9 heteroatoms. The molecule has 1 aliphatic carbocycles. The number of hydrogen-bond donors (Lipinski definition) is 2. The fourth-order valence-electron chi connectivity index (χ4n) is 5.32. The molecule has 206 valence electrons. The van der Waals surface area contributed by atoms with E-state index in [1.807, 2.05) is 18.2 Å². The van der Waals surface area contributed by atoms with E-state index >= 15 is 0 Å². The lowest BCUT2D eigenvalue weighted by Gasteiger charge is -2.35. The fourth-order valence-corrected chi connectivity index (χ4v) is 5.32. The number of aromatic hydroxyl groups is 1. The van der Waals surface area contributed by atoms with E-state index in [0.717, 1.165) is 45.7 Å². The van der Waals surface area contributed by atoms with Crippen LogP contribution in [0.2, 0.25) is 0 Å². The Labute approximate surface area is 225 Å². The number of halogens is 3. The topological polar surface area (TPSA) is 69.0 Å². The van der Waals surface area contributed by atoms with Gasteiger partial charge in [-0.15, -0.1) is 0 Å². The maximum Gasteiger partial charge on any atom is 0.397 e. The molecule has 1 atom stereocenters. The Kier molecular flexibility index (Phi) is 7.31. The molecule has 1 saturated heterocycles. The number of hydrogen-bond acceptors (Lipinski definition) is 5. The molecule has 2 aliphatic rings. The third-order valence-electron chi connectivity index (χ3n) is 7.66. The number of allylic oxidation sites excluding steroid dienone is 3. The summed E-state index contributed by atoms with van der Waals surface area (Å²) in [6.07, 6.45) is -0.694. The van der Waals surface area contributed by atoms with Crippen LogP contribution in [0.5, 0.6) is 5.75 Å². The summed E-state index contributed by atoms with van der Waals surface area (Å²) in [5.74, 6) is -0.195. The quantitative estimate of drug-likeness (QED) is 0.408. The average molecular weight is 540 g/mol. The first-order valence-corrected chi connectivity index (χ1v) is 13.0. The van der Waals surface area contributed by atoms with Gasteiger partial charge in [-0.05, 0) is 50.1 Å². The van der Waals surface area contributed by atoms with Crippen LogP contribution < -0.4 is 5.32 Å². The second kappa shape index (κ2) is 10.5. The molecule has 1 amide bonds. The number of carbonyl (C=O) groups is 1. The Hall–Kier alpha value is -3.56. The van der Waals surface area contributed by atoms with Crippen molar-refractivity contribution in [2.45, 2.75) is 39.5 Å². The molecule has 0 spiro atoms. The van der Waals surface area contributed by atoms with Gasteiger partial charge in [0.1, 0.15) is 17.1 Å². The molecule has 1 fully saturated rings. The lowest BCUT2D eigenvalue weighted by Crippen LogP contribution is -2.45. The van der Waals surface area contributed by atoms with E-state index in [2.05, 4.69) is 27.2 Å². The number of rotatable bonds is 6. The van der Waals surface area contributed by atoms with Crippen LogP contribution in [-0.4, -0.2) is 53.2 Å². The standard InChI is InChI=1S/C30H32F3N3O3/c1-20-26(28(38)34-22-9-6-12-29(2,17-22)30(31,32)33)27-23(24(37)10-11-25(27)39-20)19-36-15-13-35(14-16-36)18-21-7-4-3-5-8-21/h3-11,17,37H,12-16,18-19H2,1-2H3,(H,34,38). The summed E-state index contributed by atoms with van der Waals surface area (Å²) in [7, 11) is 0. The van der Waals surface area contributed by atoms with Crippen molar-refractivity contribution in [1.29, 1.82) is 0 Å². The van der Waals surface area contributed by atoms with Crippen LogP contribution in [0.25, 0.3) is 11.0 Å². The SMILES string of the molecule is Cc1oc2ccc(O)c(CN3CCN(Cc4ccccc4)CC3)c2c1C(=O)NC1=CC(C)(C(F)(F)F)CC=C1. The number of phenols is 1. The van der Waals surface area contributed by atoms with Gasteiger partial charge >= 0.3 is 6.18 Å². The third kappa shape index (κ3) is 5.60. The molecule has 5 rings (SSSR count). The highest BCUT2D eigenvalue weighted by Crippen LogP contribution is 2.44. The van der Waals surface area contributed by atoms with Gasteiger partial charge in [-0.1, -0.05) is 36.4 Å². The molecular weight excluding hydrogens is 507 g/mol. The number of piperazine rings is 1. The molecule has 1 aliphatic heterocycles. The van der Waals surface area contributed by atoms with E-state index in [9.17, 15) is 23.1 Å². The summed E-state index contributed by atoms with van der Waals surface area (Å²) in [5, 5.41) is 13.9. The van der Waals surface area contributed by atoms with Crippen LogP contribution in [0.15, 0.2) is 70.8 Å². The van der Waals surface area contributed by atoms with Crippen molar-refractivity contribution in [3.63, 3.8) is 0 Å². The number of furan rings is 1. The lowest BCUT2D eigenvalue weighted by molar-refractivity contribution is -0.199. The van der Waals surface area contributed by atoms with Gasteiger partial charge in [0.15, 0.2) is 0 Å². The van der Waals surface area contributed by atoms with Gasteiger partial charge in [-0.3, -0.25) is 14.6 Å². The van der Waals surface area contributed by atoms with Gasteiger partial charge in [0.25, 0.3) is 5.91 Å². The fraction of sp³-hybridized carbons (Fsp3) is 0.367. The van der Waals surface area contributed by atoms with Gasteiger partial charge in [0.2, 0.25) is 0 Å². The highest BCUT2D eigenvalue weighted by Gasteiger charge is 2.49. The van der Waals surface area contributed by atoms with Crippen LogP contribution in [-0.2, 0) is 13.1 Å². The predicted octanol–water partition coefficient (Wildman–Crippen LogP) is 5.91. The summed E-state index contributed by atoms with van der Waals surface area (Å²) in [6, 6.07) is 13.5. The van der Waals surface area contributed by atoms with Gasteiger partial charge in [0.05, 0.1) is 11.0 Å². The van der Waals surface area contributed by atoms with Crippen molar-refractivity contribution in [1.82, 2.24) is 15.1 Å². The molecule has 6 nitrogen and oxygen atoms in total. The minimum absolute atomic E-state index is 0.0467. The van der Waals surface area contributed by atoms with Crippen LogP contribution >= 0.6 is 0 Å². The zero-order chi connectivity index (χ0) is 27.8. The largest absolute Gasteiger partial charge is 0.508 e. The van der Waals surface area contributed by atoms with E-state index < -0.39 is 17.5 Å². The number of nitrogens with zero attached hydrogens (tertiary/aromatic N) is 2. The molecule has 1 aromatic heterocycles. The smallest absolute Gasteiger partial charge is 0.397 e. The van der Waals surface area contributed by atoms with E-state index in [-0.39, 0.29) is 23.4 Å². The van der Waals surface area contributed by atoms with E-state index in [0.29, 0.717) is 28.8 Å². The molecule has 0 radical (unpaired) electrons. The maximum atomic E-state index is 13.6. The summed E-state index contributed by atoms with van der Waals surface area (Å²) < 4.78 is 46.6. The zero-order valence-corrected chi connectivity index (χ0v) is 22.0. The summed E-state index contributed by atoms with van der Waals surface area (Å²) in [5.41, 5.74) is 0.504. The van der Waals surface area contributed by atoms with Gasteiger partial charge in [-0.25, -0.2) is 0 Å². The van der Waals surface area contributed by atoms with Gasteiger partial charge < -0.3 is 14.8 Å². The molecule has 39 heavy (non-hydrogen) atoms. The van der Waals surface area contributed by atoms with Gasteiger partial charge in [-0.2, -0.15) is 13.2 Å². The Morgan fingerprint density at radius 3 is 2.38 bits per heavy atom. The minimum atomic E-state index is -4.45. The first kappa shape index (κ1) is 27.0. The van der Waals surface area contributed by atoms with E-state index in [1.165, 1.54) is 17.7 Å².